The molecular weight excluding hydrogens is 244 g/mol. The maximum Gasteiger partial charge on any atom is 0.150 e. The van der Waals surface area contributed by atoms with Gasteiger partial charge >= 0.3 is 0 Å². The Labute approximate surface area is 110 Å². The van der Waals surface area contributed by atoms with E-state index in [0.717, 1.165) is 11.3 Å². The van der Waals surface area contributed by atoms with Crippen LogP contribution in [0, 0.1) is 0 Å². The fraction of sp³-hybridized carbons (Fsp3) is 0.231. The third kappa shape index (κ3) is 3.82. The number of amidine groups is 1. The number of nitrogens with two attached hydrogens (primary N) is 1. The van der Waals surface area contributed by atoms with Crippen molar-refractivity contribution in [2.75, 3.05) is 0 Å². The van der Waals surface area contributed by atoms with Crippen LogP contribution in [0.4, 0.5) is 0 Å². The molecule has 1 atom stereocenters. The molecule has 1 aromatic carbocycles. The van der Waals surface area contributed by atoms with Gasteiger partial charge < -0.3 is 20.8 Å². The van der Waals surface area contributed by atoms with Crippen molar-refractivity contribution in [1.29, 1.82) is 0 Å². The van der Waals surface area contributed by atoms with Crippen LogP contribution in [0.1, 0.15) is 23.8 Å². The summed E-state index contributed by atoms with van der Waals surface area (Å²) in [6.07, 6.45) is 2.01. The fourth-order valence-electron chi connectivity index (χ4n) is 1.80. The van der Waals surface area contributed by atoms with Gasteiger partial charge in [0.05, 0.1) is 12.7 Å². The van der Waals surface area contributed by atoms with Crippen molar-refractivity contribution in [3.8, 4) is 0 Å². The molecule has 0 aliphatic rings. The number of hydrogen-bond donors (Lipinski definition) is 3. The maximum absolute atomic E-state index is 8.69. The highest BCUT2D eigenvalue weighted by Crippen LogP contribution is 2.17. The van der Waals surface area contributed by atoms with Gasteiger partial charge in [0.2, 0.25) is 0 Å². The quantitative estimate of drug-likeness (QED) is 0.317. The Morgan fingerprint density at radius 1 is 1.37 bits per heavy atom. The van der Waals surface area contributed by atoms with E-state index in [1.165, 1.54) is 0 Å². The van der Waals surface area contributed by atoms with Crippen LogP contribution in [0.15, 0.2) is 52.3 Å². The van der Waals surface area contributed by atoms with E-state index < -0.39 is 0 Å². The molecular formula is C13H16N4O2. The van der Waals surface area contributed by atoms with Crippen LogP contribution in [0.3, 0.4) is 0 Å². The molecule has 1 unspecified atom stereocenters. The van der Waals surface area contributed by atoms with E-state index in [-0.39, 0.29) is 11.9 Å². The van der Waals surface area contributed by atoms with Gasteiger partial charge in [-0.2, -0.15) is 0 Å². The standard InChI is InChI=1S/C13H16N4O2/c14-13(17-18)8-12(10-4-2-1-3-5-10)15-9-11-6-7-16-19-11/h1-7,12,15,18H,8-9H2,(H2,14,17). The molecule has 1 aromatic heterocycles. The van der Waals surface area contributed by atoms with E-state index in [1.54, 1.807) is 12.3 Å². The molecule has 2 aromatic rings. The number of nitrogens with zero attached hydrogens (tertiary/aromatic N) is 2. The fourth-order valence-corrected chi connectivity index (χ4v) is 1.80. The van der Waals surface area contributed by atoms with E-state index in [1.807, 2.05) is 30.3 Å². The average Bonchev–Trinajstić information content (AvgIpc) is 2.97. The summed E-state index contributed by atoms with van der Waals surface area (Å²) in [5.74, 6) is 0.916. The highest BCUT2D eigenvalue weighted by Gasteiger charge is 2.13. The molecule has 0 saturated heterocycles. The Bertz CT molecular complexity index is 511. The van der Waals surface area contributed by atoms with Crippen molar-refractivity contribution >= 4 is 5.84 Å². The van der Waals surface area contributed by atoms with Crippen molar-refractivity contribution in [1.82, 2.24) is 10.5 Å². The third-order valence-corrected chi connectivity index (χ3v) is 2.76. The molecule has 0 saturated carbocycles. The molecule has 2 rings (SSSR count). The lowest BCUT2D eigenvalue weighted by molar-refractivity contribution is 0.315. The number of hydrogen-bond acceptors (Lipinski definition) is 5. The molecule has 0 bridgehead atoms. The molecule has 0 aliphatic heterocycles. The molecule has 6 nitrogen and oxygen atoms in total. The van der Waals surface area contributed by atoms with Gasteiger partial charge in [-0.3, -0.25) is 0 Å². The van der Waals surface area contributed by atoms with Crippen LogP contribution >= 0.6 is 0 Å². The summed E-state index contributed by atoms with van der Waals surface area (Å²) in [5.41, 5.74) is 6.65. The largest absolute Gasteiger partial charge is 0.409 e. The van der Waals surface area contributed by atoms with Crippen molar-refractivity contribution in [3.63, 3.8) is 0 Å². The first-order valence-electron chi connectivity index (χ1n) is 5.94. The molecule has 0 aliphatic carbocycles. The summed E-state index contributed by atoms with van der Waals surface area (Å²) in [7, 11) is 0. The van der Waals surface area contributed by atoms with Gasteiger partial charge in [-0.15, -0.1) is 0 Å². The number of aromatic nitrogens is 1. The number of oxime groups is 1. The summed E-state index contributed by atoms with van der Waals surface area (Å²) in [6.45, 7) is 0.526. The topological polar surface area (TPSA) is 96.7 Å². The molecule has 6 heteroatoms. The Hall–Kier alpha value is -2.34. The molecule has 0 amide bonds. The van der Waals surface area contributed by atoms with Gasteiger partial charge in [0, 0.05) is 18.5 Å². The van der Waals surface area contributed by atoms with E-state index in [9.17, 15) is 0 Å². The SMILES string of the molecule is N/C(CC(NCc1ccno1)c1ccccc1)=N/O. The van der Waals surface area contributed by atoms with Gasteiger partial charge in [0.1, 0.15) is 11.6 Å². The molecule has 100 valence electrons. The van der Waals surface area contributed by atoms with Crippen LogP contribution in [-0.2, 0) is 6.54 Å². The van der Waals surface area contributed by atoms with Crippen LogP contribution < -0.4 is 11.1 Å². The van der Waals surface area contributed by atoms with Crippen molar-refractivity contribution < 1.29 is 9.73 Å². The van der Waals surface area contributed by atoms with Gasteiger partial charge in [0.25, 0.3) is 0 Å². The molecule has 0 radical (unpaired) electrons. The summed E-state index contributed by atoms with van der Waals surface area (Å²) < 4.78 is 5.03. The monoisotopic (exact) mass is 260 g/mol. The van der Waals surface area contributed by atoms with Crippen molar-refractivity contribution in [2.24, 2.45) is 10.9 Å². The lowest BCUT2D eigenvalue weighted by Gasteiger charge is -2.17. The zero-order valence-corrected chi connectivity index (χ0v) is 10.4. The lowest BCUT2D eigenvalue weighted by Crippen LogP contribution is -2.26. The zero-order chi connectivity index (χ0) is 13.5. The van der Waals surface area contributed by atoms with Crippen LogP contribution in [-0.4, -0.2) is 16.2 Å². The second-order valence-corrected chi connectivity index (χ2v) is 4.12. The van der Waals surface area contributed by atoms with Gasteiger partial charge in [-0.25, -0.2) is 0 Å². The van der Waals surface area contributed by atoms with E-state index in [0.29, 0.717) is 13.0 Å². The normalized spacial score (nSPS) is 13.4. The molecule has 4 N–H and O–H groups in total. The second kappa shape index (κ2) is 6.55. The Balaban J connectivity index is 2.06. The van der Waals surface area contributed by atoms with E-state index in [4.69, 9.17) is 15.5 Å². The number of benzene rings is 1. The highest BCUT2D eigenvalue weighted by atomic mass is 16.5. The van der Waals surface area contributed by atoms with Gasteiger partial charge in [-0.05, 0) is 5.56 Å². The van der Waals surface area contributed by atoms with E-state index in [2.05, 4.69) is 15.6 Å². The number of rotatable bonds is 6. The minimum absolute atomic E-state index is 0.0535. The Kier molecular flexibility index (Phi) is 4.52. The summed E-state index contributed by atoms with van der Waals surface area (Å²) in [6, 6.07) is 11.6. The van der Waals surface area contributed by atoms with Crippen LogP contribution in [0.5, 0.6) is 0 Å². The third-order valence-electron chi connectivity index (χ3n) is 2.76. The first kappa shape index (κ1) is 13.1. The first-order valence-corrected chi connectivity index (χ1v) is 5.94. The van der Waals surface area contributed by atoms with Crippen molar-refractivity contribution in [2.45, 2.75) is 19.0 Å². The average molecular weight is 260 g/mol. The molecule has 19 heavy (non-hydrogen) atoms. The van der Waals surface area contributed by atoms with Crippen LogP contribution in [0.2, 0.25) is 0 Å². The predicted molar refractivity (Wildman–Crippen MR) is 70.6 cm³/mol. The first-order chi connectivity index (χ1) is 9.29. The minimum atomic E-state index is -0.0535. The summed E-state index contributed by atoms with van der Waals surface area (Å²) in [4.78, 5) is 0. The highest BCUT2D eigenvalue weighted by molar-refractivity contribution is 5.80. The van der Waals surface area contributed by atoms with Gasteiger partial charge in [-0.1, -0.05) is 40.6 Å². The second-order valence-electron chi connectivity index (χ2n) is 4.12. The van der Waals surface area contributed by atoms with Crippen LogP contribution in [0.25, 0.3) is 0 Å². The van der Waals surface area contributed by atoms with E-state index >= 15 is 0 Å². The lowest BCUT2D eigenvalue weighted by atomic mass is 10.0. The maximum atomic E-state index is 8.69. The number of nitrogens with one attached hydrogen (secondary N) is 1. The van der Waals surface area contributed by atoms with Crippen molar-refractivity contribution in [3.05, 3.63) is 53.9 Å². The Morgan fingerprint density at radius 3 is 2.79 bits per heavy atom. The molecule has 1 heterocycles. The Morgan fingerprint density at radius 2 is 2.16 bits per heavy atom. The van der Waals surface area contributed by atoms with Gasteiger partial charge in [0.15, 0.2) is 0 Å². The molecule has 0 spiro atoms. The smallest absolute Gasteiger partial charge is 0.150 e. The zero-order valence-electron chi connectivity index (χ0n) is 10.4. The summed E-state index contributed by atoms with van der Waals surface area (Å²) in [5, 5.41) is 18.7. The molecule has 0 fully saturated rings. The predicted octanol–water partition coefficient (Wildman–Crippen LogP) is 1.64. The summed E-state index contributed by atoms with van der Waals surface area (Å²) >= 11 is 0. The minimum Gasteiger partial charge on any atom is -0.409 e.